The van der Waals surface area contributed by atoms with Gasteiger partial charge in [0.15, 0.2) is 0 Å². The molecule has 102 valence electrons. The molecule has 0 spiro atoms. The van der Waals surface area contributed by atoms with Gasteiger partial charge in [-0.1, -0.05) is 0 Å². The lowest BCUT2D eigenvalue weighted by atomic mass is 10.0. The summed E-state index contributed by atoms with van der Waals surface area (Å²) >= 11 is 0. The van der Waals surface area contributed by atoms with Crippen molar-refractivity contribution < 1.29 is 14.7 Å². The summed E-state index contributed by atoms with van der Waals surface area (Å²) in [6.07, 6.45) is 4.59. The van der Waals surface area contributed by atoms with Crippen molar-refractivity contribution in [3.63, 3.8) is 0 Å². The average molecular weight is 254 g/mol. The molecule has 0 bridgehead atoms. The van der Waals surface area contributed by atoms with E-state index in [1.165, 1.54) is 12.8 Å². The Morgan fingerprint density at radius 2 is 1.72 bits per heavy atom. The molecular weight excluding hydrogens is 232 g/mol. The third-order valence-corrected chi connectivity index (χ3v) is 3.98. The van der Waals surface area contributed by atoms with Crippen molar-refractivity contribution in [2.75, 3.05) is 19.6 Å². The van der Waals surface area contributed by atoms with Gasteiger partial charge in [0, 0.05) is 38.6 Å². The number of carboxylic acids is 1. The van der Waals surface area contributed by atoms with Gasteiger partial charge >= 0.3 is 5.97 Å². The Labute approximate surface area is 108 Å². The van der Waals surface area contributed by atoms with E-state index >= 15 is 0 Å². The van der Waals surface area contributed by atoms with E-state index in [1.807, 2.05) is 4.90 Å². The molecule has 0 unspecified atom stereocenters. The predicted octanol–water partition coefficient (Wildman–Crippen LogP) is 0.936. The van der Waals surface area contributed by atoms with Crippen LogP contribution in [0.3, 0.4) is 0 Å². The number of rotatable bonds is 5. The minimum atomic E-state index is -0.721. The zero-order valence-electron chi connectivity index (χ0n) is 11.0. The highest BCUT2D eigenvalue weighted by atomic mass is 16.4. The second-order valence-electron chi connectivity index (χ2n) is 5.35. The average Bonchev–Trinajstić information content (AvgIpc) is 3.14. The van der Waals surface area contributed by atoms with Crippen LogP contribution in [0.4, 0.5) is 0 Å². The Morgan fingerprint density at radius 3 is 2.17 bits per heavy atom. The van der Waals surface area contributed by atoms with Gasteiger partial charge in [0.25, 0.3) is 0 Å². The van der Waals surface area contributed by atoms with Crippen LogP contribution in [-0.2, 0) is 9.59 Å². The quantitative estimate of drug-likeness (QED) is 0.793. The summed E-state index contributed by atoms with van der Waals surface area (Å²) in [5, 5.41) is 8.80. The summed E-state index contributed by atoms with van der Waals surface area (Å²) in [4.78, 5) is 26.2. The normalized spacial score (nSPS) is 21.3. The van der Waals surface area contributed by atoms with Crippen LogP contribution in [0.1, 0.15) is 39.0 Å². The van der Waals surface area contributed by atoms with E-state index in [2.05, 4.69) is 4.90 Å². The van der Waals surface area contributed by atoms with E-state index in [0.29, 0.717) is 18.6 Å². The van der Waals surface area contributed by atoms with Crippen molar-refractivity contribution in [3.05, 3.63) is 0 Å². The monoisotopic (exact) mass is 254 g/mol. The van der Waals surface area contributed by atoms with Crippen LogP contribution in [0.25, 0.3) is 0 Å². The number of carbonyl (C=O) groups excluding carboxylic acids is 1. The number of carbonyl (C=O) groups is 2. The third-order valence-electron chi connectivity index (χ3n) is 3.98. The van der Waals surface area contributed by atoms with Gasteiger partial charge in [-0.2, -0.15) is 0 Å². The van der Waals surface area contributed by atoms with Gasteiger partial charge in [0.1, 0.15) is 0 Å². The second kappa shape index (κ2) is 5.69. The summed E-state index contributed by atoms with van der Waals surface area (Å²) in [7, 11) is 0. The van der Waals surface area contributed by atoms with Gasteiger partial charge in [0.2, 0.25) is 5.91 Å². The summed E-state index contributed by atoms with van der Waals surface area (Å²) in [5.74, 6) is -0.571. The second-order valence-corrected chi connectivity index (χ2v) is 5.35. The number of nitrogens with zero attached hydrogens (tertiary/aromatic N) is 2. The van der Waals surface area contributed by atoms with Crippen molar-refractivity contribution in [1.29, 1.82) is 0 Å². The Kier molecular flexibility index (Phi) is 4.22. The van der Waals surface area contributed by atoms with Crippen molar-refractivity contribution in [2.24, 2.45) is 0 Å². The summed E-state index contributed by atoms with van der Waals surface area (Å²) in [5.41, 5.74) is 0. The topological polar surface area (TPSA) is 60.9 Å². The van der Waals surface area contributed by atoms with Crippen LogP contribution in [-0.4, -0.2) is 58.5 Å². The van der Waals surface area contributed by atoms with Crippen LogP contribution in [0.2, 0.25) is 0 Å². The van der Waals surface area contributed by atoms with Crippen LogP contribution < -0.4 is 0 Å². The van der Waals surface area contributed by atoms with Crippen LogP contribution >= 0.6 is 0 Å². The van der Waals surface area contributed by atoms with Crippen molar-refractivity contribution in [1.82, 2.24) is 9.80 Å². The fourth-order valence-electron chi connectivity index (χ4n) is 2.81. The Balaban J connectivity index is 1.84. The number of hydrogen-bond donors (Lipinski definition) is 1. The minimum Gasteiger partial charge on any atom is -0.481 e. The molecule has 0 aromatic rings. The molecule has 18 heavy (non-hydrogen) atoms. The van der Waals surface area contributed by atoms with Crippen molar-refractivity contribution in [2.45, 2.75) is 51.1 Å². The van der Waals surface area contributed by atoms with Gasteiger partial charge < -0.3 is 10.0 Å². The number of piperidine rings is 1. The molecule has 2 fully saturated rings. The van der Waals surface area contributed by atoms with Gasteiger partial charge in [-0.3, -0.25) is 14.5 Å². The van der Waals surface area contributed by atoms with E-state index in [1.54, 1.807) is 6.92 Å². The lowest BCUT2D eigenvalue weighted by Gasteiger charge is -2.38. The molecule has 2 rings (SSSR count). The lowest BCUT2D eigenvalue weighted by molar-refractivity contribution is -0.137. The fourth-order valence-corrected chi connectivity index (χ4v) is 2.81. The molecule has 1 aliphatic heterocycles. The summed E-state index contributed by atoms with van der Waals surface area (Å²) < 4.78 is 0. The standard InChI is InChI=1S/C13H22N2O3/c1-10(16)14-7-4-12(5-8-14)15(11-2-3-11)9-6-13(17)18/h11-12H,2-9H2,1H3,(H,17,18). The molecule has 1 saturated heterocycles. The van der Waals surface area contributed by atoms with E-state index in [9.17, 15) is 9.59 Å². The van der Waals surface area contributed by atoms with Crippen LogP contribution in [0, 0.1) is 0 Å². The smallest absolute Gasteiger partial charge is 0.304 e. The van der Waals surface area contributed by atoms with Crippen LogP contribution in [0.5, 0.6) is 0 Å². The van der Waals surface area contributed by atoms with Gasteiger partial charge in [0.05, 0.1) is 6.42 Å². The molecule has 0 radical (unpaired) electrons. The number of aliphatic carboxylic acids is 1. The first kappa shape index (κ1) is 13.3. The largest absolute Gasteiger partial charge is 0.481 e. The molecule has 5 heteroatoms. The zero-order chi connectivity index (χ0) is 13.1. The van der Waals surface area contributed by atoms with Crippen LogP contribution in [0.15, 0.2) is 0 Å². The first-order chi connectivity index (χ1) is 8.58. The molecule has 2 aliphatic rings. The van der Waals surface area contributed by atoms with Gasteiger partial charge in [-0.25, -0.2) is 0 Å². The number of carboxylic acid groups (broad SMARTS) is 1. The van der Waals surface area contributed by atoms with Crippen molar-refractivity contribution in [3.8, 4) is 0 Å². The molecule has 1 heterocycles. The maximum Gasteiger partial charge on any atom is 0.304 e. The minimum absolute atomic E-state index is 0.150. The molecule has 1 amide bonds. The highest BCUT2D eigenvalue weighted by Gasteiger charge is 2.35. The molecule has 0 atom stereocenters. The molecule has 1 aliphatic carbocycles. The van der Waals surface area contributed by atoms with E-state index in [4.69, 9.17) is 5.11 Å². The SMILES string of the molecule is CC(=O)N1CCC(N(CCC(=O)O)C2CC2)CC1. The maximum atomic E-state index is 11.3. The molecule has 1 N–H and O–H groups in total. The number of likely N-dealkylation sites (tertiary alicyclic amines) is 1. The van der Waals surface area contributed by atoms with E-state index in [-0.39, 0.29) is 12.3 Å². The summed E-state index contributed by atoms with van der Waals surface area (Å²) in [6, 6.07) is 1.06. The molecular formula is C13H22N2O3. The predicted molar refractivity (Wildman–Crippen MR) is 67.3 cm³/mol. The Bertz CT molecular complexity index is 320. The zero-order valence-corrected chi connectivity index (χ0v) is 11.0. The Hall–Kier alpha value is -1.10. The number of hydrogen-bond acceptors (Lipinski definition) is 3. The first-order valence-corrected chi connectivity index (χ1v) is 6.81. The summed E-state index contributed by atoms with van der Waals surface area (Å²) in [6.45, 7) is 3.90. The molecule has 1 saturated carbocycles. The maximum absolute atomic E-state index is 11.3. The lowest BCUT2D eigenvalue weighted by Crippen LogP contribution is -2.47. The van der Waals surface area contributed by atoms with Gasteiger partial charge in [-0.05, 0) is 25.7 Å². The highest BCUT2D eigenvalue weighted by molar-refractivity contribution is 5.73. The van der Waals surface area contributed by atoms with Crippen molar-refractivity contribution >= 4 is 11.9 Å². The third kappa shape index (κ3) is 3.45. The van der Waals surface area contributed by atoms with E-state index < -0.39 is 5.97 Å². The highest BCUT2D eigenvalue weighted by Crippen LogP contribution is 2.31. The van der Waals surface area contributed by atoms with E-state index in [0.717, 1.165) is 25.9 Å². The first-order valence-electron chi connectivity index (χ1n) is 6.81. The Morgan fingerprint density at radius 1 is 1.17 bits per heavy atom. The molecule has 0 aromatic carbocycles. The number of amides is 1. The molecule has 0 aromatic heterocycles. The van der Waals surface area contributed by atoms with Gasteiger partial charge in [-0.15, -0.1) is 0 Å². The molecule has 5 nitrogen and oxygen atoms in total. The fraction of sp³-hybridized carbons (Fsp3) is 0.846.